The predicted molar refractivity (Wildman–Crippen MR) is 86.1 cm³/mol. The van der Waals surface area contributed by atoms with Crippen LogP contribution in [0.15, 0.2) is 23.8 Å². The zero-order valence-electron chi connectivity index (χ0n) is 12.7. The summed E-state index contributed by atoms with van der Waals surface area (Å²) in [4.78, 5) is 18.4. The molecule has 0 radical (unpaired) electrons. The highest BCUT2D eigenvalue weighted by Crippen LogP contribution is 2.16. The fraction of sp³-hybridized carbons (Fsp3) is 0.533. The van der Waals surface area contributed by atoms with Crippen LogP contribution < -0.4 is 5.32 Å². The normalized spacial score (nSPS) is 18.3. The number of thiazole rings is 1. The molecule has 2 aromatic heterocycles. The average molecular weight is 319 g/mol. The molecule has 1 amide bonds. The third kappa shape index (κ3) is 3.53. The van der Waals surface area contributed by atoms with Crippen LogP contribution in [-0.4, -0.2) is 52.3 Å². The minimum Gasteiger partial charge on any atom is -0.340 e. The van der Waals surface area contributed by atoms with Crippen LogP contribution in [0, 0.1) is 0 Å². The van der Waals surface area contributed by atoms with Crippen LogP contribution >= 0.6 is 11.3 Å². The molecule has 0 saturated carbocycles. The van der Waals surface area contributed by atoms with Gasteiger partial charge in [-0.1, -0.05) is 0 Å². The van der Waals surface area contributed by atoms with Crippen LogP contribution in [-0.2, 0) is 6.42 Å². The Morgan fingerprint density at radius 2 is 2.50 bits per heavy atom. The maximum atomic E-state index is 12.4. The quantitative estimate of drug-likeness (QED) is 0.909. The molecule has 1 fully saturated rings. The van der Waals surface area contributed by atoms with Crippen LogP contribution in [0.5, 0.6) is 0 Å². The molecule has 3 heterocycles. The van der Waals surface area contributed by atoms with E-state index in [1.54, 1.807) is 22.4 Å². The number of carbonyl (C=O) groups excluding carboxylic acids is 1. The number of amides is 1. The van der Waals surface area contributed by atoms with Gasteiger partial charge < -0.3 is 10.2 Å². The van der Waals surface area contributed by atoms with Gasteiger partial charge in [0, 0.05) is 44.3 Å². The molecule has 1 atom stereocenters. The summed E-state index contributed by atoms with van der Waals surface area (Å²) in [6.07, 6.45) is 6.76. The minimum atomic E-state index is -0.0286. The molecular weight excluding hydrogens is 298 g/mol. The van der Waals surface area contributed by atoms with E-state index in [0.717, 1.165) is 37.4 Å². The van der Waals surface area contributed by atoms with Gasteiger partial charge >= 0.3 is 0 Å². The topological polar surface area (TPSA) is 63.1 Å². The van der Waals surface area contributed by atoms with Crippen molar-refractivity contribution in [2.45, 2.75) is 25.3 Å². The molecule has 1 unspecified atom stereocenters. The number of aromatic nitrogens is 3. The number of hydrogen-bond donors (Lipinski definition) is 1. The fourth-order valence-electron chi connectivity index (χ4n) is 2.65. The largest absolute Gasteiger partial charge is 0.340 e. The van der Waals surface area contributed by atoms with Crippen LogP contribution in [0.25, 0.3) is 0 Å². The van der Waals surface area contributed by atoms with Crippen molar-refractivity contribution in [3.05, 3.63) is 34.5 Å². The summed E-state index contributed by atoms with van der Waals surface area (Å²) in [5.41, 5.74) is 0.521. The van der Waals surface area contributed by atoms with Crippen LogP contribution in [0.1, 0.15) is 34.4 Å². The first kappa shape index (κ1) is 15.2. The summed E-state index contributed by atoms with van der Waals surface area (Å²) >= 11 is 1.62. The molecule has 7 heteroatoms. The Bertz CT molecular complexity index is 603. The number of likely N-dealkylation sites (N-methyl/N-ethyl adjacent to an activating group) is 1. The summed E-state index contributed by atoms with van der Waals surface area (Å²) in [7, 11) is 1.82. The van der Waals surface area contributed by atoms with Crippen molar-refractivity contribution in [3.63, 3.8) is 0 Å². The minimum absolute atomic E-state index is 0.0286. The highest BCUT2D eigenvalue weighted by Gasteiger charge is 2.19. The van der Waals surface area contributed by atoms with Gasteiger partial charge in [0.15, 0.2) is 0 Å². The van der Waals surface area contributed by atoms with E-state index in [-0.39, 0.29) is 5.91 Å². The van der Waals surface area contributed by atoms with Crippen molar-refractivity contribution in [2.24, 2.45) is 0 Å². The number of rotatable bonds is 5. The number of nitrogens with zero attached hydrogens (tertiary/aromatic N) is 4. The van der Waals surface area contributed by atoms with Crippen LogP contribution in [0.4, 0.5) is 0 Å². The number of carbonyl (C=O) groups is 1. The monoisotopic (exact) mass is 319 g/mol. The molecule has 3 rings (SSSR count). The molecule has 2 aromatic rings. The highest BCUT2D eigenvalue weighted by molar-refractivity contribution is 7.09. The van der Waals surface area contributed by atoms with Gasteiger partial charge in [-0.25, -0.2) is 4.98 Å². The molecule has 0 aliphatic carbocycles. The molecule has 0 spiro atoms. The van der Waals surface area contributed by atoms with Crippen molar-refractivity contribution < 1.29 is 4.79 Å². The van der Waals surface area contributed by atoms with E-state index in [9.17, 15) is 4.79 Å². The van der Waals surface area contributed by atoms with E-state index >= 15 is 0 Å². The number of piperidine rings is 1. The first-order chi connectivity index (χ1) is 10.7. The summed E-state index contributed by atoms with van der Waals surface area (Å²) < 4.78 is 1.92. The lowest BCUT2D eigenvalue weighted by Crippen LogP contribution is -2.32. The predicted octanol–water partition coefficient (Wildman–Crippen LogP) is 1.58. The van der Waals surface area contributed by atoms with E-state index in [0.29, 0.717) is 18.3 Å². The standard InChI is InChI=1S/C15H21N5OS/c1-19(8-5-14-17-7-10-22-14)15(21)13-4-9-20(18-13)12-3-2-6-16-11-12/h4,7,9-10,12,16H,2-3,5-6,8,11H2,1H3. The van der Waals surface area contributed by atoms with Crippen LogP contribution in [0.3, 0.4) is 0 Å². The first-order valence-electron chi connectivity index (χ1n) is 7.64. The molecule has 1 aliphatic rings. The van der Waals surface area contributed by atoms with Crippen molar-refractivity contribution in [2.75, 3.05) is 26.7 Å². The SMILES string of the molecule is CN(CCc1nccs1)C(=O)c1ccn(C2CCCNC2)n1. The van der Waals surface area contributed by atoms with Crippen LogP contribution in [0.2, 0.25) is 0 Å². The highest BCUT2D eigenvalue weighted by atomic mass is 32.1. The second kappa shape index (κ2) is 7.02. The summed E-state index contributed by atoms with van der Waals surface area (Å²) in [6.45, 7) is 2.66. The molecule has 1 saturated heterocycles. The zero-order valence-corrected chi connectivity index (χ0v) is 13.6. The Kier molecular flexibility index (Phi) is 4.84. The molecule has 22 heavy (non-hydrogen) atoms. The lowest BCUT2D eigenvalue weighted by Gasteiger charge is -2.23. The Labute approximate surface area is 134 Å². The van der Waals surface area contributed by atoms with Gasteiger partial charge in [0.1, 0.15) is 5.69 Å². The summed E-state index contributed by atoms with van der Waals surface area (Å²) in [6, 6.07) is 2.17. The third-order valence-corrected chi connectivity index (χ3v) is 4.80. The number of nitrogens with one attached hydrogen (secondary N) is 1. The van der Waals surface area contributed by atoms with Crippen molar-refractivity contribution >= 4 is 17.2 Å². The van der Waals surface area contributed by atoms with E-state index in [4.69, 9.17) is 0 Å². The Morgan fingerprint density at radius 1 is 1.59 bits per heavy atom. The number of hydrogen-bond acceptors (Lipinski definition) is 5. The van der Waals surface area contributed by atoms with Gasteiger partial charge in [-0.3, -0.25) is 9.48 Å². The van der Waals surface area contributed by atoms with Gasteiger partial charge in [-0.05, 0) is 25.5 Å². The van der Waals surface area contributed by atoms with Gasteiger partial charge in [-0.2, -0.15) is 5.10 Å². The molecule has 118 valence electrons. The summed E-state index contributed by atoms with van der Waals surface area (Å²) in [5, 5.41) is 10.9. The fourth-order valence-corrected chi connectivity index (χ4v) is 3.26. The molecule has 6 nitrogen and oxygen atoms in total. The van der Waals surface area contributed by atoms with Gasteiger partial charge in [0.05, 0.1) is 11.0 Å². The van der Waals surface area contributed by atoms with Gasteiger partial charge in [0.2, 0.25) is 0 Å². The average Bonchev–Trinajstić information content (AvgIpc) is 3.24. The van der Waals surface area contributed by atoms with Gasteiger partial charge in [-0.15, -0.1) is 11.3 Å². The maximum absolute atomic E-state index is 12.4. The first-order valence-corrected chi connectivity index (χ1v) is 8.51. The third-order valence-electron chi connectivity index (χ3n) is 3.96. The van der Waals surface area contributed by atoms with Gasteiger partial charge in [0.25, 0.3) is 5.91 Å². The van der Waals surface area contributed by atoms with Crippen molar-refractivity contribution in [3.8, 4) is 0 Å². The summed E-state index contributed by atoms with van der Waals surface area (Å²) in [5.74, 6) is -0.0286. The lowest BCUT2D eigenvalue weighted by atomic mass is 10.1. The Morgan fingerprint density at radius 3 is 3.23 bits per heavy atom. The molecule has 0 aromatic carbocycles. The lowest BCUT2D eigenvalue weighted by molar-refractivity contribution is 0.0789. The second-order valence-electron chi connectivity index (χ2n) is 5.58. The zero-order chi connectivity index (χ0) is 15.4. The molecule has 1 aliphatic heterocycles. The van der Waals surface area contributed by atoms with E-state index < -0.39 is 0 Å². The van der Waals surface area contributed by atoms with E-state index in [2.05, 4.69) is 15.4 Å². The Hall–Kier alpha value is -1.73. The molecule has 1 N–H and O–H groups in total. The molecular formula is C15H21N5OS. The smallest absolute Gasteiger partial charge is 0.274 e. The second-order valence-corrected chi connectivity index (χ2v) is 6.56. The van der Waals surface area contributed by atoms with Crippen molar-refractivity contribution in [1.29, 1.82) is 0 Å². The van der Waals surface area contributed by atoms with Crippen molar-refractivity contribution in [1.82, 2.24) is 25.0 Å². The van der Waals surface area contributed by atoms with E-state index in [1.165, 1.54) is 0 Å². The Balaban J connectivity index is 1.58. The molecule has 0 bridgehead atoms. The van der Waals surface area contributed by atoms with E-state index in [1.807, 2.05) is 29.4 Å². The maximum Gasteiger partial charge on any atom is 0.274 e.